The first kappa shape index (κ1) is 17.9. The predicted octanol–water partition coefficient (Wildman–Crippen LogP) is 3.40. The van der Waals surface area contributed by atoms with Crippen LogP contribution in [0.15, 0.2) is 24.3 Å². The monoisotopic (exact) mass is 348 g/mol. The third-order valence-electron chi connectivity index (χ3n) is 4.98. The molecule has 1 aromatic carbocycles. The lowest BCUT2D eigenvalue weighted by atomic mass is 9.85. The molecule has 1 aliphatic rings. The number of nitrogen functional groups attached to an aromatic ring is 1. The zero-order valence-electron chi connectivity index (χ0n) is 15.8. The van der Waals surface area contributed by atoms with E-state index in [1.54, 1.807) is 11.8 Å². The van der Waals surface area contributed by atoms with Crippen molar-refractivity contribution >= 4 is 11.7 Å². The van der Waals surface area contributed by atoms with Gasteiger partial charge in [-0.3, -0.25) is 4.79 Å². The van der Waals surface area contributed by atoms with Crippen LogP contribution in [0, 0.1) is 11.3 Å². The molecule has 5 heteroatoms. The summed E-state index contributed by atoms with van der Waals surface area (Å²) in [6.07, 6.45) is 0.651. The maximum atomic E-state index is 11.8. The van der Waals surface area contributed by atoms with E-state index in [0.717, 1.165) is 22.4 Å². The fourth-order valence-electron chi connectivity index (χ4n) is 3.42. The summed E-state index contributed by atoms with van der Waals surface area (Å²) in [6.45, 7) is 9.16. The molecule has 0 aliphatic carbocycles. The molecule has 0 fully saturated rings. The van der Waals surface area contributed by atoms with Gasteiger partial charge in [-0.15, -0.1) is 0 Å². The second kappa shape index (κ2) is 6.45. The normalized spacial score (nSPS) is 13.9. The molecule has 1 amide bonds. The Labute approximate surface area is 154 Å². The van der Waals surface area contributed by atoms with Gasteiger partial charge in [0.25, 0.3) is 0 Å². The summed E-state index contributed by atoms with van der Waals surface area (Å²) in [5.74, 6) is 0.289. The highest BCUT2D eigenvalue weighted by molar-refractivity contribution is 5.81. The van der Waals surface area contributed by atoms with Crippen LogP contribution in [0.4, 0.5) is 5.82 Å². The summed E-state index contributed by atoms with van der Waals surface area (Å²) in [5.41, 5.74) is 11.3. The molecule has 2 N–H and O–H groups in total. The quantitative estimate of drug-likeness (QED) is 0.856. The highest BCUT2D eigenvalue weighted by Gasteiger charge is 2.26. The van der Waals surface area contributed by atoms with E-state index in [4.69, 9.17) is 5.73 Å². The highest BCUT2D eigenvalue weighted by atomic mass is 16.2. The maximum Gasteiger partial charge on any atom is 0.219 e. The van der Waals surface area contributed by atoms with Crippen molar-refractivity contribution in [1.82, 2.24) is 9.88 Å². The fourth-order valence-corrected chi connectivity index (χ4v) is 3.42. The molecule has 1 aliphatic heterocycles. The zero-order valence-corrected chi connectivity index (χ0v) is 15.8. The molecule has 26 heavy (non-hydrogen) atoms. The summed E-state index contributed by atoms with van der Waals surface area (Å²) in [4.78, 5) is 18.1. The van der Waals surface area contributed by atoms with Crippen LogP contribution < -0.4 is 5.73 Å². The topological polar surface area (TPSA) is 83.0 Å². The van der Waals surface area contributed by atoms with Crippen LogP contribution in [0.1, 0.15) is 50.1 Å². The Balaban J connectivity index is 2.18. The molecule has 134 valence electrons. The molecule has 0 bridgehead atoms. The number of carbonyl (C=O) groups is 1. The first-order valence-corrected chi connectivity index (χ1v) is 8.80. The number of anilines is 1. The Morgan fingerprint density at radius 1 is 1.27 bits per heavy atom. The second-order valence-corrected chi connectivity index (χ2v) is 7.80. The molecule has 0 atom stereocenters. The molecule has 2 heterocycles. The average Bonchev–Trinajstić information content (AvgIpc) is 2.59. The van der Waals surface area contributed by atoms with Crippen LogP contribution in [0.2, 0.25) is 0 Å². The molecule has 0 spiro atoms. The number of pyridine rings is 1. The predicted molar refractivity (Wildman–Crippen MR) is 102 cm³/mol. The molecule has 0 saturated carbocycles. The zero-order chi connectivity index (χ0) is 19.1. The third-order valence-corrected chi connectivity index (χ3v) is 4.98. The first-order chi connectivity index (χ1) is 12.2. The molecule has 0 radical (unpaired) electrons. The minimum Gasteiger partial charge on any atom is -0.383 e. The van der Waals surface area contributed by atoms with E-state index in [0.29, 0.717) is 25.1 Å². The summed E-state index contributed by atoms with van der Waals surface area (Å²) in [6, 6.07) is 10.4. The lowest BCUT2D eigenvalue weighted by Gasteiger charge is -2.30. The molecular weight excluding hydrogens is 324 g/mol. The minimum absolute atomic E-state index is 0.0278. The molecule has 3 rings (SSSR count). The molecule has 0 saturated heterocycles. The van der Waals surface area contributed by atoms with Crippen LogP contribution in [0.25, 0.3) is 11.1 Å². The van der Waals surface area contributed by atoms with Gasteiger partial charge in [-0.2, -0.15) is 5.26 Å². The number of nitrogens with zero attached hydrogens (tertiary/aromatic N) is 3. The Hall–Kier alpha value is -2.87. The summed E-state index contributed by atoms with van der Waals surface area (Å²) in [5, 5.41) is 9.67. The van der Waals surface area contributed by atoms with Crippen molar-refractivity contribution < 1.29 is 4.79 Å². The number of nitrogens with two attached hydrogens (primary N) is 1. The van der Waals surface area contributed by atoms with Gasteiger partial charge in [0, 0.05) is 37.6 Å². The van der Waals surface area contributed by atoms with Crippen LogP contribution in [-0.2, 0) is 23.2 Å². The maximum absolute atomic E-state index is 11.8. The van der Waals surface area contributed by atoms with Gasteiger partial charge in [-0.1, -0.05) is 45.0 Å². The number of aromatic nitrogens is 1. The Morgan fingerprint density at radius 2 is 1.92 bits per heavy atom. The van der Waals surface area contributed by atoms with Crippen molar-refractivity contribution in [3.05, 3.63) is 46.6 Å². The molecule has 0 unspecified atom stereocenters. The number of rotatable bonds is 1. The number of fused-ring (bicyclic) bond motifs is 1. The van der Waals surface area contributed by atoms with Crippen LogP contribution in [0.5, 0.6) is 0 Å². The second-order valence-electron chi connectivity index (χ2n) is 7.80. The highest BCUT2D eigenvalue weighted by Crippen LogP contribution is 2.36. The summed E-state index contributed by atoms with van der Waals surface area (Å²) >= 11 is 0. The number of hydrogen-bond donors (Lipinski definition) is 1. The average molecular weight is 348 g/mol. The number of nitriles is 1. The Bertz CT molecular complexity index is 902. The third kappa shape index (κ3) is 3.15. The van der Waals surface area contributed by atoms with Crippen molar-refractivity contribution in [1.29, 1.82) is 5.26 Å². The van der Waals surface area contributed by atoms with E-state index >= 15 is 0 Å². The van der Waals surface area contributed by atoms with E-state index < -0.39 is 0 Å². The van der Waals surface area contributed by atoms with E-state index in [2.05, 4.69) is 44.0 Å². The van der Waals surface area contributed by atoms with Gasteiger partial charge in [0.05, 0.1) is 5.69 Å². The largest absolute Gasteiger partial charge is 0.383 e. The van der Waals surface area contributed by atoms with Gasteiger partial charge in [0.15, 0.2) is 0 Å². The number of benzene rings is 1. The van der Waals surface area contributed by atoms with Gasteiger partial charge >= 0.3 is 0 Å². The van der Waals surface area contributed by atoms with Gasteiger partial charge < -0.3 is 10.6 Å². The van der Waals surface area contributed by atoms with E-state index in [1.165, 1.54) is 5.56 Å². The van der Waals surface area contributed by atoms with Crippen molar-refractivity contribution in [3.63, 3.8) is 0 Å². The van der Waals surface area contributed by atoms with Crippen molar-refractivity contribution in [3.8, 4) is 17.2 Å². The smallest absolute Gasteiger partial charge is 0.219 e. The van der Waals surface area contributed by atoms with E-state index in [9.17, 15) is 10.1 Å². The molecule has 1 aromatic heterocycles. The minimum atomic E-state index is 0.0278. The van der Waals surface area contributed by atoms with Gasteiger partial charge in [-0.25, -0.2) is 4.98 Å². The first-order valence-electron chi connectivity index (χ1n) is 8.80. The number of amides is 1. The SMILES string of the molecule is CC(=O)N1CCc2nc(N)c(C#N)c(-c3ccc(C(C)(C)C)cc3)c2C1. The number of carbonyl (C=O) groups excluding carboxylic acids is 1. The van der Waals surface area contributed by atoms with Crippen LogP contribution >= 0.6 is 0 Å². The number of hydrogen-bond acceptors (Lipinski definition) is 4. The van der Waals surface area contributed by atoms with E-state index in [-0.39, 0.29) is 17.1 Å². The Morgan fingerprint density at radius 3 is 2.46 bits per heavy atom. The van der Waals surface area contributed by atoms with Gasteiger partial charge in [-0.05, 0) is 16.5 Å². The summed E-state index contributed by atoms with van der Waals surface area (Å²) in [7, 11) is 0. The molecule has 2 aromatic rings. The summed E-state index contributed by atoms with van der Waals surface area (Å²) < 4.78 is 0. The van der Waals surface area contributed by atoms with Crippen molar-refractivity contribution in [2.24, 2.45) is 0 Å². The lowest BCUT2D eigenvalue weighted by Crippen LogP contribution is -2.35. The van der Waals surface area contributed by atoms with Crippen LogP contribution in [0.3, 0.4) is 0 Å². The van der Waals surface area contributed by atoms with Crippen LogP contribution in [-0.4, -0.2) is 22.3 Å². The van der Waals surface area contributed by atoms with E-state index in [1.807, 2.05) is 12.1 Å². The van der Waals surface area contributed by atoms with Crippen molar-refractivity contribution in [2.75, 3.05) is 12.3 Å². The van der Waals surface area contributed by atoms with Crippen molar-refractivity contribution in [2.45, 2.75) is 46.1 Å². The fraction of sp³-hybridized carbons (Fsp3) is 0.381. The van der Waals surface area contributed by atoms with Gasteiger partial charge in [0.1, 0.15) is 17.5 Å². The lowest BCUT2D eigenvalue weighted by molar-refractivity contribution is -0.129. The van der Waals surface area contributed by atoms with Gasteiger partial charge in [0.2, 0.25) is 5.91 Å². The standard InChI is InChI=1S/C21H24N4O/c1-13(26)25-10-9-18-17(12-25)19(16(11-22)20(23)24-18)14-5-7-15(8-6-14)21(2,3)4/h5-8H,9-10,12H2,1-4H3,(H2,23,24). The molecular formula is C21H24N4O. The molecule has 5 nitrogen and oxygen atoms in total. The Kier molecular flexibility index (Phi) is 4.45.